The van der Waals surface area contributed by atoms with Gasteiger partial charge >= 0.3 is 0 Å². The summed E-state index contributed by atoms with van der Waals surface area (Å²) in [5, 5.41) is 3.76. The van der Waals surface area contributed by atoms with Crippen LogP contribution in [-0.4, -0.2) is 13.1 Å². The normalized spacial score (nSPS) is 17.7. The van der Waals surface area contributed by atoms with Crippen molar-refractivity contribution in [3.63, 3.8) is 0 Å². The lowest BCUT2D eigenvalue weighted by Crippen LogP contribution is -2.30. The summed E-state index contributed by atoms with van der Waals surface area (Å²) in [6.45, 7) is 21.4. The van der Waals surface area contributed by atoms with Gasteiger partial charge in [-0.05, 0) is 61.4 Å². The van der Waals surface area contributed by atoms with Crippen molar-refractivity contribution < 1.29 is 0 Å². The fraction of sp³-hybridized carbons (Fsp3) is 1.00. The lowest BCUT2D eigenvalue weighted by atomic mass is 9.80. The summed E-state index contributed by atoms with van der Waals surface area (Å²) in [5.74, 6) is 5.05. The van der Waals surface area contributed by atoms with Gasteiger partial charge in [0.15, 0.2) is 0 Å². The van der Waals surface area contributed by atoms with Crippen LogP contribution in [0.2, 0.25) is 0 Å². The molecule has 22 heavy (non-hydrogen) atoms. The molecule has 0 rings (SSSR count). The van der Waals surface area contributed by atoms with E-state index in [2.05, 4.69) is 60.7 Å². The fourth-order valence-corrected chi connectivity index (χ4v) is 3.53. The Kier molecular flexibility index (Phi) is 12.4. The van der Waals surface area contributed by atoms with Crippen molar-refractivity contribution in [2.45, 2.75) is 87.5 Å². The van der Waals surface area contributed by atoms with Crippen molar-refractivity contribution in [3.05, 3.63) is 0 Å². The Hall–Kier alpha value is -0.0400. The van der Waals surface area contributed by atoms with E-state index in [1.54, 1.807) is 0 Å². The maximum atomic E-state index is 3.76. The topological polar surface area (TPSA) is 12.0 Å². The number of rotatable bonds is 13. The standard InChI is InChI=1S/C21H45N/c1-9-11-18(7)19(8)12-13-22-15-21(17(5)6)14-20(10-2)16(3)4/h16-22H,9-15H2,1-8H3. The van der Waals surface area contributed by atoms with E-state index in [-0.39, 0.29) is 0 Å². The minimum Gasteiger partial charge on any atom is -0.316 e. The SMILES string of the molecule is CCCC(C)C(C)CCNCC(CC(CC)C(C)C)C(C)C. The van der Waals surface area contributed by atoms with Gasteiger partial charge in [-0.1, -0.05) is 74.7 Å². The van der Waals surface area contributed by atoms with Crippen LogP contribution >= 0.6 is 0 Å². The third kappa shape index (κ3) is 9.18. The van der Waals surface area contributed by atoms with Crippen LogP contribution in [0.3, 0.4) is 0 Å². The van der Waals surface area contributed by atoms with Crippen LogP contribution in [0.25, 0.3) is 0 Å². The molecule has 0 amide bonds. The fourth-order valence-electron chi connectivity index (χ4n) is 3.53. The Morgan fingerprint density at radius 2 is 1.27 bits per heavy atom. The zero-order valence-electron chi connectivity index (χ0n) is 16.9. The largest absolute Gasteiger partial charge is 0.316 e. The molecule has 0 aliphatic heterocycles. The van der Waals surface area contributed by atoms with E-state index in [0.717, 1.165) is 35.5 Å². The van der Waals surface area contributed by atoms with Gasteiger partial charge in [-0.2, -0.15) is 0 Å². The van der Waals surface area contributed by atoms with Gasteiger partial charge < -0.3 is 5.32 Å². The highest BCUT2D eigenvalue weighted by Gasteiger charge is 2.20. The molecule has 0 aromatic rings. The summed E-state index contributed by atoms with van der Waals surface area (Å²) >= 11 is 0. The van der Waals surface area contributed by atoms with E-state index >= 15 is 0 Å². The lowest BCUT2D eigenvalue weighted by molar-refractivity contribution is 0.236. The number of hydrogen-bond acceptors (Lipinski definition) is 1. The maximum absolute atomic E-state index is 3.76. The first-order valence-corrected chi connectivity index (χ1v) is 10.0. The molecule has 0 saturated heterocycles. The molecule has 0 saturated carbocycles. The second kappa shape index (κ2) is 12.4. The second-order valence-electron chi connectivity index (χ2n) is 8.39. The zero-order valence-corrected chi connectivity index (χ0v) is 16.9. The maximum Gasteiger partial charge on any atom is -0.00180 e. The average Bonchev–Trinajstić information content (AvgIpc) is 2.45. The first-order valence-electron chi connectivity index (χ1n) is 10.0. The van der Waals surface area contributed by atoms with Crippen molar-refractivity contribution in [2.75, 3.05) is 13.1 Å². The van der Waals surface area contributed by atoms with Crippen LogP contribution in [-0.2, 0) is 0 Å². The van der Waals surface area contributed by atoms with E-state index in [9.17, 15) is 0 Å². The van der Waals surface area contributed by atoms with Crippen molar-refractivity contribution >= 4 is 0 Å². The molecular weight excluding hydrogens is 266 g/mol. The van der Waals surface area contributed by atoms with Crippen LogP contribution in [0, 0.1) is 35.5 Å². The molecule has 1 nitrogen and oxygen atoms in total. The molecule has 134 valence electrons. The van der Waals surface area contributed by atoms with E-state index in [4.69, 9.17) is 0 Å². The van der Waals surface area contributed by atoms with Gasteiger partial charge in [0.1, 0.15) is 0 Å². The predicted octanol–water partition coefficient (Wildman–Crippen LogP) is 6.38. The Labute approximate surface area is 142 Å². The molecule has 0 aliphatic carbocycles. The van der Waals surface area contributed by atoms with Gasteiger partial charge in [-0.3, -0.25) is 0 Å². The van der Waals surface area contributed by atoms with Crippen LogP contribution < -0.4 is 5.32 Å². The van der Waals surface area contributed by atoms with Crippen LogP contribution in [0.4, 0.5) is 0 Å². The molecule has 1 heteroatoms. The van der Waals surface area contributed by atoms with E-state index in [1.165, 1.54) is 45.2 Å². The smallest absolute Gasteiger partial charge is 0.00180 e. The summed E-state index contributed by atoms with van der Waals surface area (Å²) in [5.41, 5.74) is 0. The Morgan fingerprint density at radius 3 is 1.73 bits per heavy atom. The highest BCUT2D eigenvalue weighted by molar-refractivity contribution is 4.73. The number of hydrogen-bond donors (Lipinski definition) is 1. The van der Waals surface area contributed by atoms with Crippen LogP contribution in [0.1, 0.15) is 87.5 Å². The van der Waals surface area contributed by atoms with Gasteiger partial charge in [0.2, 0.25) is 0 Å². The van der Waals surface area contributed by atoms with Gasteiger partial charge in [0.25, 0.3) is 0 Å². The molecule has 4 unspecified atom stereocenters. The Morgan fingerprint density at radius 1 is 0.727 bits per heavy atom. The first-order chi connectivity index (χ1) is 10.3. The molecule has 1 N–H and O–H groups in total. The third-order valence-electron chi connectivity index (χ3n) is 5.91. The predicted molar refractivity (Wildman–Crippen MR) is 102 cm³/mol. The summed E-state index contributed by atoms with van der Waals surface area (Å²) in [6.07, 6.45) is 6.74. The summed E-state index contributed by atoms with van der Waals surface area (Å²) in [4.78, 5) is 0. The monoisotopic (exact) mass is 311 g/mol. The first kappa shape index (κ1) is 22.0. The molecule has 0 aromatic carbocycles. The average molecular weight is 312 g/mol. The number of nitrogens with one attached hydrogen (secondary N) is 1. The quantitative estimate of drug-likeness (QED) is 0.389. The third-order valence-corrected chi connectivity index (χ3v) is 5.91. The molecular formula is C21H45N. The minimum atomic E-state index is 0.789. The van der Waals surface area contributed by atoms with Crippen molar-refractivity contribution in [1.82, 2.24) is 5.32 Å². The second-order valence-corrected chi connectivity index (χ2v) is 8.39. The van der Waals surface area contributed by atoms with Gasteiger partial charge in [-0.15, -0.1) is 0 Å². The van der Waals surface area contributed by atoms with Crippen molar-refractivity contribution in [3.8, 4) is 0 Å². The Balaban J connectivity index is 4.11. The van der Waals surface area contributed by atoms with Gasteiger partial charge in [0.05, 0.1) is 0 Å². The van der Waals surface area contributed by atoms with Gasteiger partial charge in [-0.25, -0.2) is 0 Å². The highest BCUT2D eigenvalue weighted by Crippen LogP contribution is 2.27. The van der Waals surface area contributed by atoms with E-state index in [1.807, 2.05) is 0 Å². The van der Waals surface area contributed by atoms with Crippen LogP contribution in [0.5, 0.6) is 0 Å². The molecule has 0 aromatic heterocycles. The van der Waals surface area contributed by atoms with Crippen molar-refractivity contribution in [2.24, 2.45) is 35.5 Å². The van der Waals surface area contributed by atoms with E-state index in [0.29, 0.717) is 0 Å². The van der Waals surface area contributed by atoms with Gasteiger partial charge in [0, 0.05) is 0 Å². The zero-order chi connectivity index (χ0) is 17.1. The molecule has 0 aliphatic rings. The summed E-state index contributed by atoms with van der Waals surface area (Å²) in [7, 11) is 0. The molecule has 0 fully saturated rings. The molecule has 0 heterocycles. The Bertz CT molecular complexity index is 246. The minimum absolute atomic E-state index is 0.789. The van der Waals surface area contributed by atoms with Crippen molar-refractivity contribution in [1.29, 1.82) is 0 Å². The molecule has 0 spiro atoms. The van der Waals surface area contributed by atoms with E-state index < -0.39 is 0 Å². The summed E-state index contributed by atoms with van der Waals surface area (Å²) in [6, 6.07) is 0. The lowest BCUT2D eigenvalue weighted by Gasteiger charge is -2.28. The molecule has 0 radical (unpaired) electrons. The summed E-state index contributed by atoms with van der Waals surface area (Å²) < 4.78 is 0. The molecule has 0 bridgehead atoms. The van der Waals surface area contributed by atoms with Crippen LogP contribution in [0.15, 0.2) is 0 Å². The highest BCUT2D eigenvalue weighted by atomic mass is 14.9. The molecule has 4 atom stereocenters.